The summed E-state index contributed by atoms with van der Waals surface area (Å²) in [7, 11) is 1.55. The Morgan fingerprint density at radius 1 is 0.692 bits per heavy atom. The lowest BCUT2D eigenvalue weighted by atomic mass is 9.87. The maximum atomic E-state index is 13.3. The van der Waals surface area contributed by atoms with Crippen molar-refractivity contribution in [2.45, 2.75) is 32.3 Å². The number of carbonyl (C=O) groups is 3. The van der Waals surface area contributed by atoms with E-state index in [9.17, 15) is 14.4 Å². The Hall–Kier alpha value is -4.71. The highest BCUT2D eigenvalue weighted by molar-refractivity contribution is 6.05. The minimum absolute atomic E-state index is 0.00177. The van der Waals surface area contributed by atoms with E-state index in [0.717, 1.165) is 5.56 Å². The molecule has 4 aromatic rings. The van der Waals surface area contributed by atoms with Gasteiger partial charge in [0.25, 0.3) is 5.91 Å². The van der Waals surface area contributed by atoms with Gasteiger partial charge in [0.15, 0.2) is 6.10 Å². The lowest BCUT2D eigenvalue weighted by molar-refractivity contribution is 0.0280. The van der Waals surface area contributed by atoms with E-state index in [-0.39, 0.29) is 22.7 Å². The zero-order chi connectivity index (χ0) is 28.0. The molecular weight excluding hydrogens is 490 g/mol. The van der Waals surface area contributed by atoms with E-state index in [0.29, 0.717) is 28.1 Å². The van der Waals surface area contributed by atoms with Crippen LogP contribution in [0.5, 0.6) is 5.75 Å². The maximum Gasteiger partial charge on any atom is 0.339 e. The van der Waals surface area contributed by atoms with Crippen molar-refractivity contribution in [3.8, 4) is 5.75 Å². The molecule has 0 heterocycles. The average molecular weight is 522 g/mol. The minimum Gasteiger partial charge on any atom is -0.497 e. The summed E-state index contributed by atoms with van der Waals surface area (Å²) in [5.41, 5.74) is 3.42. The number of rotatable bonds is 8. The van der Waals surface area contributed by atoms with Crippen molar-refractivity contribution in [1.29, 1.82) is 0 Å². The topological polar surface area (TPSA) is 81.7 Å². The number of amides is 1. The Balaban J connectivity index is 1.47. The molecule has 0 saturated heterocycles. The van der Waals surface area contributed by atoms with Crippen LogP contribution >= 0.6 is 0 Å². The van der Waals surface area contributed by atoms with Crippen LogP contribution in [0.1, 0.15) is 69.1 Å². The molecule has 0 aromatic heterocycles. The summed E-state index contributed by atoms with van der Waals surface area (Å²) in [5.74, 6) is -0.631. The van der Waals surface area contributed by atoms with Crippen LogP contribution < -0.4 is 10.1 Å². The van der Waals surface area contributed by atoms with Crippen LogP contribution in [0.3, 0.4) is 0 Å². The number of nitrogens with one attached hydrogen (secondary N) is 1. The van der Waals surface area contributed by atoms with Gasteiger partial charge in [0, 0.05) is 22.4 Å². The first-order valence-electron chi connectivity index (χ1n) is 12.6. The number of hydrogen-bond donors (Lipinski definition) is 1. The minimum atomic E-state index is -1.12. The summed E-state index contributed by atoms with van der Waals surface area (Å²) in [6.45, 7) is 6.35. The van der Waals surface area contributed by atoms with Gasteiger partial charge in [-0.25, -0.2) is 4.79 Å². The summed E-state index contributed by atoms with van der Waals surface area (Å²) in [6, 6.07) is 29.4. The van der Waals surface area contributed by atoms with E-state index < -0.39 is 12.1 Å². The van der Waals surface area contributed by atoms with Gasteiger partial charge in [0.05, 0.1) is 12.7 Å². The van der Waals surface area contributed by atoms with E-state index in [2.05, 4.69) is 26.1 Å². The number of ether oxygens (including phenoxy) is 2. The highest BCUT2D eigenvalue weighted by Crippen LogP contribution is 2.26. The molecule has 0 spiro atoms. The maximum absolute atomic E-state index is 13.3. The van der Waals surface area contributed by atoms with E-state index in [4.69, 9.17) is 9.47 Å². The van der Waals surface area contributed by atoms with Crippen LogP contribution in [-0.2, 0) is 10.2 Å². The fraction of sp³-hybridized carbons (Fsp3) is 0.182. The van der Waals surface area contributed by atoms with Crippen LogP contribution in [0.2, 0.25) is 0 Å². The third-order valence-electron chi connectivity index (χ3n) is 6.33. The van der Waals surface area contributed by atoms with E-state index in [1.165, 1.54) is 0 Å². The second-order valence-electron chi connectivity index (χ2n) is 10.1. The lowest BCUT2D eigenvalue weighted by Gasteiger charge is -2.19. The van der Waals surface area contributed by atoms with Gasteiger partial charge in [-0.15, -0.1) is 0 Å². The molecule has 0 bridgehead atoms. The van der Waals surface area contributed by atoms with Crippen LogP contribution in [-0.4, -0.2) is 24.8 Å². The SMILES string of the molecule is COc1ccc(C(=O)[C@H](OC(=O)c2ccc(NC(=O)c3ccc(C(C)(C)C)cc3)cc2)c2ccccc2)cc1. The molecule has 4 aromatic carbocycles. The van der Waals surface area contributed by atoms with Gasteiger partial charge in [0.1, 0.15) is 5.75 Å². The van der Waals surface area contributed by atoms with Crippen molar-refractivity contribution in [3.05, 3.63) is 131 Å². The first-order chi connectivity index (χ1) is 18.7. The standard InChI is InChI=1S/C33H31NO5/c1-33(2,3)26-16-10-24(11-17-26)31(36)34-27-18-12-25(13-19-27)32(37)39-30(23-8-6-5-7-9-23)29(35)22-14-20-28(38-4)21-15-22/h5-21,30H,1-4H3,(H,34,36)/t30-/m1/s1. The highest BCUT2D eigenvalue weighted by atomic mass is 16.5. The summed E-state index contributed by atoms with van der Waals surface area (Å²) in [6.07, 6.45) is -1.12. The van der Waals surface area contributed by atoms with Crippen molar-refractivity contribution < 1.29 is 23.9 Å². The molecule has 1 N–H and O–H groups in total. The Morgan fingerprint density at radius 2 is 1.26 bits per heavy atom. The van der Waals surface area contributed by atoms with Crippen LogP contribution in [0.15, 0.2) is 103 Å². The quantitative estimate of drug-likeness (QED) is 0.199. The van der Waals surface area contributed by atoms with Gasteiger partial charge in [0.2, 0.25) is 5.78 Å². The molecule has 198 valence electrons. The smallest absolute Gasteiger partial charge is 0.339 e. The van der Waals surface area contributed by atoms with Crippen LogP contribution in [0.4, 0.5) is 5.69 Å². The number of hydrogen-bond acceptors (Lipinski definition) is 5. The first-order valence-corrected chi connectivity index (χ1v) is 12.6. The molecule has 0 aliphatic carbocycles. The first kappa shape index (κ1) is 27.3. The lowest BCUT2D eigenvalue weighted by Crippen LogP contribution is -2.20. The number of esters is 1. The number of ketones is 1. The molecule has 0 aliphatic heterocycles. The molecule has 6 heteroatoms. The van der Waals surface area contributed by atoms with Crippen LogP contribution in [0.25, 0.3) is 0 Å². The van der Waals surface area contributed by atoms with E-state index in [1.807, 2.05) is 18.2 Å². The van der Waals surface area contributed by atoms with Crippen molar-refractivity contribution in [3.63, 3.8) is 0 Å². The molecule has 1 atom stereocenters. The third kappa shape index (κ3) is 6.79. The summed E-state index contributed by atoms with van der Waals surface area (Å²) < 4.78 is 10.9. The van der Waals surface area contributed by atoms with Gasteiger partial charge in [-0.2, -0.15) is 0 Å². The molecule has 39 heavy (non-hydrogen) atoms. The number of benzene rings is 4. The van der Waals surface area contributed by atoms with Gasteiger partial charge < -0.3 is 14.8 Å². The zero-order valence-electron chi connectivity index (χ0n) is 22.4. The zero-order valence-corrected chi connectivity index (χ0v) is 22.4. The average Bonchev–Trinajstić information content (AvgIpc) is 2.96. The summed E-state index contributed by atoms with van der Waals surface area (Å²) in [5, 5.41) is 2.84. The Kier molecular flexibility index (Phi) is 8.25. The molecular formula is C33H31NO5. The third-order valence-corrected chi connectivity index (χ3v) is 6.33. The van der Waals surface area contributed by atoms with Gasteiger partial charge in [-0.3, -0.25) is 9.59 Å². The second kappa shape index (κ2) is 11.8. The van der Waals surface area contributed by atoms with Crippen LogP contribution in [0, 0.1) is 0 Å². The van der Waals surface area contributed by atoms with Crippen molar-refractivity contribution in [1.82, 2.24) is 0 Å². The van der Waals surface area contributed by atoms with E-state index in [1.54, 1.807) is 92.0 Å². The fourth-order valence-corrected chi connectivity index (χ4v) is 4.00. The molecule has 6 nitrogen and oxygen atoms in total. The van der Waals surface area contributed by atoms with E-state index >= 15 is 0 Å². The molecule has 1 amide bonds. The number of Topliss-reactive ketones (excluding diaryl/α,β-unsaturated/α-hetero) is 1. The van der Waals surface area contributed by atoms with Crippen molar-refractivity contribution in [2.75, 3.05) is 12.4 Å². The second-order valence-corrected chi connectivity index (χ2v) is 10.1. The molecule has 0 radical (unpaired) electrons. The predicted octanol–water partition coefficient (Wildman–Crippen LogP) is 7.03. The van der Waals surface area contributed by atoms with Gasteiger partial charge in [-0.1, -0.05) is 63.2 Å². The Labute approximate surface area is 228 Å². The molecule has 4 rings (SSSR count). The largest absolute Gasteiger partial charge is 0.497 e. The summed E-state index contributed by atoms with van der Waals surface area (Å²) >= 11 is 0. The monoisotopic (exact) mass is 521 g/mol. The van der Waals surface area contributed by atoms with Crippen molar-refractivity contribution in [2.24, 2.45) is 0 Å². The Morgan fingerprint density at radius 3 is 1.82 bits per heavy atom. The Bertz CT molecular complexity index is 1440. The highest BCUT2D eigenvalue weighted by Gasteiger charge is 2.27. The molecule has 0 aliphatic rings. The number of carbonyl (C=O) groups excluding carboxylic acids is 3. The predicted molar refractivity (Wildman–Crippen MR) is 151 cm³/mol. The number of anilines is 1. The van der Waals surface area contributed by atoms with Gasteiger partial charge >= 0.3 is 5.97 Å². The molecule has 0 saturated carbocycles. The normalized spacial score (nSPS) is 11.8. The number of methoxy groups -OCH3 is 1. The van der Waals surface area contributed by atoms with Gasteiger partial charge in [-0.05, 0) is 71.6 Å². The summed E-state index contributed by atoms with van der Waals surface area (Å²) in [4.78, 5) is 39.1. The molecule has 0 fully saturated rings. The van der Waals surface area contributed by atoms with Crippen molar-refractivity contribution >= 4 is 23.3 Å². The molecule has 0 unspecified atom stereocenters. The fourth-order valence-electron chi connectivity index (χ4n) is 4.00.